The number of carbonyl (C=O) groups excluding carboxylic acids is 2. The number of nitrogens with zero attached hydrogens (tertiary/aromatic N) is 2. The van der Waals surface area contributed by atoms with Gasteiger partial charge in [0, 0.05) is 32.9 Å². The van der Waals surface area contributed by atoms with Crippen molar-refractivity contribution in [3.63, 3.8) is 0 Å². The van der Waals surface area contributed by atoms with Crippen LogP contribution in [-0.2, 0) is 4.74 Å². The first-order valence-electron chi connectivity index (χ1n) is 24.6. The van der Waals surface area contributed by atoms with Gasteiger partial charge in [-0.2, -0.15) is 0 Å². The molecule has 0 saturated heterocycles. The third-order valence-electron chi connectivity index (χ3n) is 14.6. The van der Waals surface area contributed by atoms with E-state index >= 15 is 0 Å². The molecular formula is C68H42N2O3. The van der Waals surface area contributed by atoms with Crippen LogP contribution in [0.2, 0.25) is 0 Å². The average Bonchev–Trinajstić information content (AvgIpc) is 4.08. The first-order valence-corrected chi connectivity index (χ1v) is 24.6. The molecule has 13 aromatic rings. The van der Waals surface area contributed by atoms with Crippen LogP contribution in [0.15, 0.2) is 255 Å². The van der Waals surface area contributed by atoms with Crippen molar-refractivity contribution in [1.29, 1.82) is 0 Å². The van der Waals surface area contributed by atoms with Gasteiger partial charge in [0.1, 0.15) is 0 Å². The Morgan fingerprint density at radius 1 is 0.247 bits per heavy atom. The quantitative estimate of drug-likeness (QED) is 0.113. The SMILES string of the molecule is O=C1OC(=O)c2c(-c3ccc(-n4c5ccc(-c6ccccc6)cc5c5cc(-c6ccccc6)ccc54)cc3)ccc(-c3ccc(-n4c5ccc(-c6ccccc6)cc5c5cc(-c6ccccc6)ccc54)cc3)c21. The van der Waals surface area contributed by atoms with Crippen molar-refractivity contribution in [2.45, 2.75) is 0 Å². The topological polar surface area (TPSA) is 53.2 Å². The summed E-state index contributed by atoms with van der Waals surface area (Å²) in [7, 11) is 0. The molecule has 3 heterocycles. The molecule has 0 aliphatic carbocycles. The van der Waals surface area contributed by atoms with Gasteiger partial charge in [-0.3, -0.25) is 0 Å². The van der Waals surface area contributed by atoms with Crippen LogP contribution in [0.1, 0.15) is 20.7 Å². The minimum atomic E-state index is -0.640. The predicted molar refractivity (Wildman–Crippen MR) is 297 cm³/mol. The van der Waals surface area contributed by atoms with E-state index in [0.29, 0.717) is 11.1 Å². The van der Waals surface area contributed by atoms with Crippen LogP contribution in [0.4, 0.5) is 0 Å². The highest BCUT2D eigenvalue weighted by Gasteiger charge is 2.35. The lowest BCUT2D eigenvalue weighted by atomic mass is 9.90. The number of benzene rings is 11. The number of hydrogen-bond donors (Lipinski definition) is 0. The largest absolute Gasteiger partial charge is 0.386 e. The standard InChI is InChI=1S/C68H42N2O3/c71-67-65-55(47-21-29-53(30-22-47)69-61-35-25-49(43-13-5-1-6-14-43)39-57(61)58-40-50(26-36-62(58)69)44-15-7-2-8-16-44)33-34-56(66(65)68(72)73-67)48-23-31-54(32-24-48)70-63-37-27-51(45-17-9-3-10-18-45)41-59(63)60-42-52(28-38-64(60)70)46-19-11-4-12-20-46/h1-42H. The number of ether oxygens (including phenoxy) is 1. The highest BCUT2D eigenvalue weighted by molar-refractivity contribution is 6.21. The molecule has 342 valence electrons. The number of cyclic esters (lactones) is 2. The molecule has 0 amide bonds. The van der Waals surface area contributed by atoms with Crippen molar-refractivity contribution in [3.8, 4) is 78.1 Å². The molecule has 14 rings (SSSR count). The molecule has 2 aromatic heterocycles. The van der Waals surface area contributed by atoms with Gasteiger partial charge in [-0.15, -0.1) is 0 Å². The van der Waals surface area contributed by atoms with E-state index in [-0.39, 0.29) is 11.1 Å². The lowest BCUT2D eigenvalue weighted by Crippen LogP contribution is -2.00. The van der Waals surface area contributed by atoms with Crippen LogP contribution in [0.3, 0.4) is 0 Å². The van der Waals surface area contributed by atoms with Gasteiger partial charge in [0.2, 0.25) is 0 Å². The number of hydrogen-bond acceptors (Lipinski definition) is 3. The maximum atomic E-state index is 13.7. The van der Waals surface area contributed by atoms with Crippen LogP contribution < -0.4 is 0 Å². The van der Waals surface area contributed by atoms with Gasteiger partial charge in [0.15, 0.2) is 0 Å². The molecule has 0 fully saturated rings. The molecule has 0 radical (unpaired) electrons. The minimum absolute atomic E-state index is 0.281. The molecule has 1 aliphatic heterocycles. The number of aromatic nitrogens is 2. The Bertz CT molecular complexity index is 3850. The molecule has 0 atom stereocenters. The van der Waals surface area contributed by atoms with Gasteiger partial charge in [-0.05, 0) is 140 Å². The summed E-state index contributed by atoms with van der Waals surface area (Å²) in [6, 6.07) is 89.0. The summed E-state index contributed by atoms with van der Waals surface area (Å²) in [5.74, 6) is -1.28. The second-order valence-electron chi connectivity index (χ2n) is 18.7. The van der Waals surface area contributed by atoms with Gasteiger partial charge >= 0.3 is 11.9 Å². The fourth-order valence-corrected chi connectivity index (χ4v) is 11.1. The number of rotatable bonds is 8. The highest BCUT2D eigenvalue weighted by atomic mass is 16.6. The molecule has 11 aromatic carbocycles. The van der Waals surface area contributed by atoms with E-state index in [9.17, 15) is 9.59 Å². The Kier molecular flexibility index (Phi) is 9.76. The molecule has 0 unspecified atom stereocenters. The molecule has 5 nitrogen and oxygen atoms in total. The Balaban J connectivity index is 0.837. The monoisotopic (exact) mass is 934 g/mol. The Labute approximate surface area is 421 Å². The zero-order valence-electron chi connectivity index (χ0n) is 39.4. The van der Waals surface area contributed by atoms with Gasteiger partial charge in [-0.1, -0.05) is 182 Å². The van der Waals surface area contributed by atoms with Gasteiger partial charge < -0.3 is 13.9 Å². The molecule has 0 saturated carbocycles. The van der Waals surface area contributed by atoms with Crippen molar-refractivity contribution in [3.05, 3.63) is 266 Å². The van der Waals surface area contributed by atoms with E-state index in [2.05, 4.69) is 203 Å². The first kappa shape index (κ1) is 42.1. The third-order valence-corrected chi connectivity index (χ3v) is 14.6. The van der Waals surface area contributed by atoms with Gasteiger partial charge in [0.05, 0.1) is 33.2 Å². The molecule has 0 spiro atoms. The summed E-state index contributed by atoms with van der Waals surface area (Å²) >= 11 is 0. The second kappa shape index (κ2) is 16.9. The Morgan fingerprint density at radius 3 is 0.781 bits per heavy atom. The molecule has 73 heavy (non-hydrogen) atoms. The van der Waals surface area contributed by atoms with E-state index in [1.54, 1.807) is 0 Å². The van der Waals surface area contributed by atoms with Crippen molar-refractivity contribution in [1.82, 2.24) is 9.13 Å². The zero-order valence-corrected chi connectivity index (χ0v) is 39.4. The molecule has 1 aliphatic rings. The Hall–Kier alpha value is -9.84. The van der Waals surface area contributed by atoms with Crippen molar-refractivity contribution in [2.24, 2.45) is 0 Å². The molecular weight excluding hydrogens is 893 g/mol. The molecule has 5 heteroatoms. The summed E-state index contributed by atoms with van der Waals surface area (Å²) < 4.78 is 10.00. The van der Waals surface area contributed by atoms with Gasteiger partial charge in [-0.25, -0.2) is 9.59 Å². The predicted octanol–water partition coefficient (Wildman–Crippen LogP) is 17.2. The van der Waals surface area contributed by atoms with Crippen LogP contribution in [0, 0.1) is 0 Å². The summed E-state index contributed by atoms with van der Waals surface area (Å²) in [6.45, 7) is 0. The summed E-state index contributed by atoms with van der Waals surface area (Å²) in [5.41, 5.74) is 19.1. The number of esters is 2. The van der Waals surface area contributed by atoms with E-state index < -0.39 is 11.9 Å². The molecule has 0 N–H and O–H groups in total. The van der Waals surface area contributed by atoms with Gasteiger partial charge in [0.25, 0.3) is 0 Å². The zero-order chi connectivity index (χ0) is 48.6. The summed E-state index contributed by atoms with van der Waals surface area (Å²) in [4.78, 5) is 27.4. The normalized spacial score (nSPS) is 12.3. The maximum Gasteiger partial charge on any atom is 0.347 e. The van der Waals surface area contributed by atoms with Crippen molar-refractivity contribution in [2.75, 3.05) is 0 Å². The third kappa shape index (κ3) is 7.01. The average molecular weight is 935 g/mol. The smallest absolute Gasteiger partial charge is 0.347 e. The molecule has 0 bridgehead atoms. The number of carbonyl (C=O) groups is 2. The lowest BCUT2D eigenvalue weighted by molar-refractivity contribution is 0.0444. The van der Waals surface area contributed by atoms with Crippen LogP contribution in [0.25, 0.3) is 122 Å². The highest BCUT2D eigenvalue weighted by Crippen LogP contribution is 2.42. The van der Waals surface area contributed by atoms with E-state index in [1.165, 1.54) is 0 Å². The minimum Gasteiger partial charge on any atom is -0.386 e. The first-order chi connectivity index (χ1) is 36.0. The van der Waals surface area contributed by atoms with Crippen LogP contribution >= 0.6 is 0 Å². The van der Waals surface area contributed by atoms with E-state index in [0.717, 1.165) is 111 Å². The lowest BCUT2D eigenvalue weighted by Gasteiger charge is -2.13. The fraction of sp³-hybridized carbons (Fsp3) is 0. The summed E-state index contributed by atoms with van der Waals surface area (Å²) in [6.07, 6.45) is 0. The van der Waals surface area contributed by atoms with E-state index in [4.69, 9.17) is 4.74 Å². The fourth-order valence-electron chi connectivity index (χ4n) is 11.1. The number of fused-ring (bicyclic) bond motifs is 7. The second-order valence-corrected chi connectivity index (χ2v) is 18.7. The maximum absolute atomic E-state index is 13.7. The Morgan fingerprint density at radius 2 is 0.507 bits per heavy atom. The van der Waals surface area contributed by atoms with Crippen LogP contribution in [0.5, 0.6) is 0 Å². The van der Waals surface area contributed by atoms with Crippen molar-refractivity contribution >= 4 is 55.6 Å². The van der Waals surface area contributed by atoms with Crippen molar-refractivity contribution < 1.29 is 14.3 Å². The summed E-state index contributed by atoms with van der Waals surface area (Å²) in [5, 5.41) is 4.63. The van der Waals surface area contributed by atoms with E-state index in [1.807, 2.05) is 60.7 Å². The van der Waals surface area contributed by atoms with Crippen LogP contribution in [-0.4, -0.2) is 21.1 Å².